The van der Waals surface area contributed by atoms with Gasteiger partial charge in [0.2, 0.25) is 0 Å². The van der Waals surface area contributed by atoms with E-state index in [4.69, 9.17) is 4.74 Å². The monoisotopic (exact) mass is 344 g/mol. The van der Waals surface area contributed by atoms with E-state index < -0.39 is 6.10 Å². The lowest BCUT2D eigenvalue weighted by Crippen LogP contribution is -2.23. The zero-order chi connectivity index (χ0) is 12.1. The number of nitrogens with zero attached hydrogens (tertiary/aromatic N) is 2. The van der Waals surface area contributed by atoms with E-state index in [-0.39, 0.29) is 6.61 Å². The first-order valence-electron chi connectivity index (χ1n) is 5.28. The second-order valence-electron chi connectivity index (χ2n) is 3.66. The number of para-hydroxylation sites is 1. The third-order valence-corrected chi connectivity index (χ3v) is 2.74. The van der Waals surface area contributed by atoms with Crippen molar-refractivity contribution in [1.29, 1.82) is 0 Å². The highest BCUT2D eigenvalue weighted by atomic mass is 127. The Labute approximate surface area is 113 Å². The average Bonchev–Trinajstić information content (AvgIpc) is 2.73. The molecule has 0 fully saturated rings. The molecule has 0 amide bonds. The molecular weight excluding hydrogens is 331 g/mol. The van der Waals surface area contributed by atoms with Gasteiger partial charge in [-0.15, -0.1) is 0 Å². The SMILES string of the molecule is OC(COc1ccccc1)Cn1cc(I)cn1. The van der Waals surface area contributed by atoms with Crippen LogP contribution in [0.3, 0.4) is 0 Å². The zero-order valence-electron chi connectivity index (χ0n) is 9.16. The van der Waals surface area contributed by atoms with Gasteiger partial charge in [0.15, 0.2) is 0 Å². The lowest BCUT2D eigenvalue weighted by Gasteiger charge is -2.12. The highest BCUT2D eigenvalue weighted by molar-refractivity contribution is 14.1. The Bertz CT molecular complexity index is 459. The predicted octanol–water partition coefficient (Wildman–Crippen LogP) is 1.93. The summed E-state index contributed by atoms with van der Waals surface area (Å²) in [6.07, 6.45) is 3.07. The molecule has 1 aromatic carbocycles. The maximum atomic E-state index is 9.78. The Morgan fingerprint density at radius 2 is 2.12 bits per heavy atom. The summed E-state index contributed by atoms with van der Waals surface area (Å²) in [5.41, 5.74) is 0. The Morgan fingerprint density at radius 1 is 1.35 bits per heavy atom. The third kappa shape index (κ3) is 4.01. The molecule has 17 heavy (non-hydrogen) atoms. The summed E-state index contributed by atoms with van der Waals surface area (Å²) in [5.74, 6) is 0.765. The second-order valence-corrected chi connectivity index (χ2v) is 4.90. The number of aliphatic hydroxyl groups is 1. The van der Waals surface area contributed by atoms with Crippen molar-refractivity contribution < 1.29 is 9.84 Å². The van der Waals surface area contributed by atoms with Crippen LogP contribution in [0.1, 0.15) is 0 Å². The molecule has 2 aromatic rings. The zero-order valence-corrected chi connectivity index (χ0v) is 11.3. The number of benzene rings is 1. The van der Waals surface area contributed by atoms with Gasteiger partial charge in [-0.1, -0.05) is 18.2 Å². The Balaban J connectivity index is 1.80. The molecule has 4 nitrogen and oxygen atoms in total. The minimum atomic E-state index is -0.564. The molecule has 0 aliphatic rings. The molecule has 0 aliphatic carbocycles. The second kappa shape index (κ2) is 6.02. The van der Waals surface area contributed by atoms with Crippen molar-refractivity contribution in [3.63, 3.8) is 0 Å². The summed E-state index contributed by atoms with van der Waals surface area (Å²) in [4.78, 5) is 0. The van der Waals surface area contributed by atoms with Gasteiger partial charge >= 0.3 is 0 Å². The first-order chi connectivity index (χ1) is 8.24. The minimum absolute atomic E-state index is 0.264. The molecule has 5 heteroatoms. The van der Waals surface area contributed by atoms with Crippen molar-refractivity contribution >= 4 is 22.6 Å². The van der Waals surface area contributed by atoms with E-state index in [1.54, 1.807) is 10.9 Å². The maximum absolute atomic E-state index is 9.78. The standard InChI is InChI=1S/C12H13IN2O2/c13-10-6-14-15(7-10)8-11(16)9-17-12-4-2-1-3-5-12/h1-7,11,16H,8-9H2. The normalized spacial score (nSPS) is 12.4. The summed E-state index contributed by atoms with van der Waals surface area (Å²) in [5, 5.41) is 13.9. The Morgan fingerprint density at radius 3 is 2.76 bits per heavy atom. The predicted molar refractivity (Wildman–Crippen MR) is 72.9 cm³/mol. The van der Waals surface area contributed by atoms with E-state index in [0.717, 1.165) is 9.32 Å². The van der Waals surface area contributed by atoms with Gasteiger partial charge in [0.05, 0.1) is 16.3 Å². The molecule has 0 aliphatic heterocycles. The fourth-order valence-corrected chi connectivity index (χ4v) is 1.86. The molecule has 0 spiro atoms. The van der Waals surface area contributed by atoms with Crippen LogP contribution in [0.15, 0.2) is 42.7 Å². The fourth-order valence-electron chi connectivity index (χ4n) is 1.42. The first kappa shape index (κ1) is 12.4. The lowest BCUT2D eigenvalue weighted by atomic mass is 10.3. The van der Waals surface area contributed by atoms with Crippen LogP contribution >= 0.6 is 22.6 Å². The van der Waals surface area contributed by atoms with E-state index in [2.05, 4.69) is 27.7 Å². The molecule has 0 saturated heterocycles. The maximum Gasteiger partial charge on any atom is 0.119 e. The Hall–Kier alpha value is -1.08. The Kier molecular flexibility index (Phi) is 4.38. The number of hydrogen-bond acceptors (Lipinski definition) is 3. The summed E-state index contributed by atoms with van der Waals surface area (Å²) >= 11 is 2.18. The van der Waals surface area contributed by atoms with Gasteiger partial charge in [0.1, 0.15) is 18.5 Å². The highest BCUT2D eigenvalue weighted by Crippen LogP contribution is 2.09. The molecule has 2 rings (SSSR count). The molecule has 90 valence electrons. The van der Waals surface area contributed by atoms with Crippen LogP contribution in [0.25, 0.3) is 0 Å². The van der Waals surface area contributed by atoms with Crippen molar-refractivity contribution in [2.75, 3.05) is 6.61 Å². The highest BCUT2D eigenvalue weighted by Gasteiger charge is 2.07. The van der Waals surface area contributed by atoms with Crippen molar-refractivity contribution in [3.05, 3.63) is 46.3 Å². The van der Waals surface area contributed by atoms with Crippen LogP contribution in [0.4, 0.5) is 0 Å². The number of aromatic nitrogens is 2. The molecule has 0 saturated carbocycles. The summed E-state index contributed by atoms with van der Waals surface area (Å²) in [6, 6.07) is 9.46. The van der Waals surface area contributed by atoms with Crippen LogP contribution in [-0.4, -0.2) is 27.6 Å². The summed E-state index contributed by atoms with van der Waals surface area (Å²) in [7, 11) is 0. The van der Waals surface area contributed by atoms with Gasteiger partial charge in [-0.25, -0.2) is 0 Å². The first-order valence-corrected chi connectivity index (χ1v) is 6.36. The third-order valence-electron chi connectivity index (χ3n) is 2.19. The minimum Gasteiger partial charge on any atom is -0.491 e. The number of hydrogen-bond donors (Lipinski definition) is 1. The molecule has 1 aromatic heterocycles. The largest absolute Gasteiger partial charge is 0.491 e. The van der Waals surface area contributed by atoms with Crippen molar-refractivity contribution in [3.8, 4) is 5.75 Å². The number of halogens is 1. The molecule has 1 atom stereocenters. The molecule has 0 radical (unpaired) electrons. The van der Waals surface area contributed by atoms with E-state index in [1.165, 1.54) is 0 Å². The van der Waals surface area contributed by atoms with Gasteiger partial charge < -0.3 is 9.84 Å². The van der Waals surface area contributed by atoms with Crippen LogP contribution in [0.5, 0.6) is 5.75 Å². The molecule has 1 N–H and O–H groups in total. The van der Waals surface area contributed by atoms with Gasteiger partial charge in [0.25, 0.3) is 0 Å². The van der Waals surface area contributed by atoms with Crippen LogP contribution in [0.2, 0.25) is 0 Å². The van der Waals surface area contributed by atoms with E-state index in [1.807, 2.05) is 36.5 Å². The van der Waals surface area contributed by atoms with Crippen LogP contribution in [-0.2, 0) is 6.54 Å². The topological polar surface area (TPSA) is 47.3 Å². The molecule has 1 unspecified atom stereocenters. The molecule has 0 bridgehead atoms. The van der Waals surface area contributed by atoms with E-state index in [9.17, 15) is 5.11 Å². The van der Waals surface area contributed by atoms with E-state index >= 15 is 0 Å². The quantitative estimate of drug-likeness (QED) is 0.844. The van der Waals surface area contributed by atoms with Gasteiger partial charge in [-0.2, -0.15) is 5.10 Å². The summed E-state index contributed by atoms with van der Waals surface area (Å²) in [6.45, 7) is 0.705. The average molecular weight is 344 g/mol. The smallest absolute Gasteiger partial charge is 0.119 e. The lowest BCUT2D eigenvalue weighted by molar-refractivity contribution is 0.0893. The van der Waals surface area contributed by atoms with Crippen molar-refractivity contribution in [1.82, 2.24) is 9.78 Å². The summed E-state index contributed by atoms with van der Waals surface area (Å²) < 4.78 is 8.22. The van der Waals surface area contributed by atoms with Crippen LogP contribution in [0, 0.1) is 3.57 Å². The van der Waals surface area contributed by atoms with Crippen LogP contribution < -0.4 is 4.74 Å². The molecular formula is C12H13IN2O2. The van der Waals surface area contributed by atoms with Gasteiger partial charge in [-0.05, 0) is 34.7 Å². The van der Waals surface area contributed by atoms with Crippen molar-refractivity contribution in [2.45, 2.75) is 12.6 Å². The van der Waals surface area contributed by atoms with Gasteiger partial charge in [0, 0.05) is 6.20 Å². The number of aliphatic hydroxyl groups excluding tert-OH is 1. The number of ether oxygens (including phenoxy) is 1. The van der Waals surface area contributed by atoms with Gasteiger partial charge in [-0.3, -0.25) is 4.68 Å². The van der Waals surface area contributed by atoms with Crippen molar-refractivity contribution in [2.24, 2.45) is 0 Å². The molecule has 1 heterocycles. The van der Waals surface area contributed by atoms with E-state index in [0.29, 0.717) is 6.54 Å². The fraction of sp³-hybridized carbons (Fsp3) is 0.250. The number of rotatable bonds is 5.